The zero-order valence-corrected chi connectivity index (χ0v) is 30.2. The first-order chi connectivity index (χ1) is 24.9. The van der Waals surface area contributed by atoms with Crippen molar-refractivity contribution >= 4 is 51.4 Å². The van der Waals surface area contributed by atoms with Crippen molar-refractivity contribution in [2.75, 3.05) is 36.4 Å². The molecule has 6 aromatic rings. The van der Waals surface area contributed by atoms with Gasteiger partial charge >= 0.3 is 0 Å². The zero-order valence-electron chi connectivity index (χ0n) is 28.7. The fourth-order valence-electron chi connectivity index (χ4n) is 7.90. The van der Waals surface area contributed by atoms with Gasteiger partial charge in [0.15, 0.2) is 0 Å². The number of pyridine rings is 1. The minimum Gasteiger partial charge on any atom is -0.366 e. The van der Waals surface area contributed by atoms with Crippen LogP contribution >= 0.6 is 23.2 Å². The summed E-state index contributed by atoms with van der Waals surface area (Å²) in [7, 11) is 0. The van der Waals surface area contributed by atoms with E-state index in [0.717, 1.165) is 76.5 Å². The molecule has 1 aliphatic heterocycles. The molecule has 0 unspecified atom stereocenters. The molecule has 4 heterocycles. The lowest BCUT2D eigenvalue weighted by atomic mass is 9.94. The lowest BCUT2D eigenvalue weighted by molar-refractivity contribution is 0.102. The summed E-state index contributed by atoms with van der Waals surface area (Å²) in [6, 6.07) is 26.1. The number of imidazole rings is 1. The highest BCUT2D eigenvalue weighted by molar-refractivity contribution is 6.31. The highest BCUT2D eigenvalue weighted by Crippen LogP contribution is 2.42. The molecule has 2 aliphatic rings. The van der Waals surface area contributed by atoms with E-state index in [1.807, 2.05) is 91.4 Å². The van der Waals surface area contributed by atoms with Gasteiger partial charge in [0.25, 0.3) is 5.91 Å². The van der Waals surface area contributed by atoms with Crippen LogP contribution in [0.4, 0.5) is 11.4 Å². The Bertz CT molecular complexity index is 2150. The number of carbonyl (C=O) groups excluding carboxylic acids is 1. The first kappa shape index (κ1) is 33.5. The Balaban J connectivity index is 1.19. The van der Waals surface area contributed by atoms with Crippen LogP contribution < -0.4 is 10.2 Å². The number of aromatic amines is 1. The summed E-state index contributed by atoms with van der Waals surface area (Å²) in [4.78, 5) is 32.6. The Kier molecular flexibility index (Phi) is 9.56. The second-order valence-corrected chi connectivity index (χ2v) is 14.5. The maximum absolute atomic E-state index is 14.6. The Morgan fingerprint density at radius 3 is 2.41 bits per heavy atom. The lowest BCUT2D eigenvalue weighted by Crippen LogP contribution is -2.51. The van der Waals surface area contributed by atoms with E-state index in [9.17, 15) is 4.79 Å². The molecule has 260 valence electrons. The summed E-state index contributed by atoms with van der Waals surface area (Å²) >= 11 is 12.8. The third-order valence-corrected chi connectivity index (χ3v) is 11.1. The Morgan fingerprint density at radius 1 is 0.902 bits per heavy atom. The van der Waals surface area contributed by atoms with Crippen LogP contribution in [0.15, 0.2) is 97.6 Å². The maximum Gasteiger partial charge on any atom is 0.272 e. The maximum atomic E-state index is 14.6. The topological polar surface area (TPSA) is 82.1 Å². The Hall–Kier alpha value is -4.63. The monoisotopic (exact) mass is 717 g/mol. The van der Waals surface area contributed by atoms with Gasteiger partial charge in [-0.25, -0.2) is 4.98 Å². The van der Waals surface area contributed by atoms with E-state index in [2.05, 4.69) is 36.6 Å². The van der Waals surface area contributed by atoms with Crippen molar-refractivity contribution in [3.05, 3.63) is 119 Å². The third kappa shape index (κ3) is 6.76. The number of nitrogens with zero attached hydrogens (tertiary/aromatic N) is 5. The van der Waals surface area contributed by atoms with Crippen LogP contribution in [0, 0.1) is 0 Å². The number of hydrogen-bond acceptors (Lipinski definition) is 5. The van der Waals surface area contributed by atoms with Crippen molar-refractivity contribution in [3.8, 4) is 22.5 Å². The molecule has 10 heteroatoms. The molecule has 0 bridgehead atoms. The van der Waals surface area contributed by atoms with Crippen LogP contribution in [-0.4, -0.2) is 62.5 Å². The number of amides is 1. The van der Waals surface area contributed by atoms with E-state index in [4.69, 9.17) is 28.2 Å². The summed E-state index contributed by atoms with van der Waals surface area (Å²) in [5, 5.41) is 5.41. The molecule has 8 nitrogen and oxygen atoms in total. The standard InChI is InChI=1S/C41H41Cl2N7O/c1-27(28-12-14-30(42)15-13-28)50-26-45-38(29-8-4-2-5-9-29)40(50)37-33-17-16-31(43)24-35(33)46-39(37)41(51)47-34-18-19-44-25-36(34)49-22-20-48(21-23-49)32-10-6-3-7-11-32/h2,4-5,8-9,12-19,24-27,32,46H,3,6-7,10-11,20-23H2,1H3,(H,44,47,51)/t27-/m0/s1. The molecule has 1 atom stereocenters. The largest absolute Gasteiger partial charge is 0.366 e. The van der Waals surface area contributed by atoms with Gasteiger partial charge in [0.2, 0.25) is 0 Å². The third-order valence-electron chi connectivity index (χ3n) is 10.6. The minimum atomic E-state index is -0.253. The number of benzene rings is 3. The number of hydrogen-bond donors (Lipinski definition) is 2. The van der Waals surface area contributed by atoms with Crippen molar-refractivity contribution in [1.82, 2.24) is 24.4 Å². The smallest absolute Gasteiger partial charge is 0.272 e. The summed E-state index contributed by atoms with van der Waals surface area (Å²) < 4.78 is 2.14. The molecular formula is C41H41Cl2N7O. The Labute approximate surface area is 308 Å². The van der Waals surface area contributed by atoms with Crippen molar-refractivity contribution < 1.29 is 4.79 Å². The van der Waals surface area contributed by atoms with Crippen molar-refractivity contribution in [3.63, 3.8) is 0 Å². The molecule has 1 amide bonds. The van der Waals surface area contributed by atoms with Crippen LogP contribution in [0.5, 0.6) is 0 Å². The van der Waals surface area contributed by atoms with Gasteiger partial charge < -0.3 is 19.8 Å². The number of anilines is 2. The van der Waals surface area contributed by atoms with E-state index in [-0.39, 0.29) is 11.9 Å². The van der Waals surface area contributed by atoms with E-state index >= 15 is 0 Å². The number of carbonyl (C=O) groups is 1. The molecular weight excluding hydrogens is 677 g/mol. The van der Waals surface area contributed by atoms with Crippen LogP contribution in [0.3, 0.4) is 0 Å². The number of aromatic nitrogens is 4. The van der Waals surface area contributed by atoms with Gasteiger partial charge in [0.1, 0.15) is 5.69 Å². The number of fused-ring (bicyclic) bond motifs is 1. The van der Waals surface area contributed by atoms with E-state index in [1.165, 1.54) is 32.1 Å². The fraction of sp³-hybridized carbons (Fsp3) is 0.293. The molecule has 3 aromatic heterocycles. The van der Waals surface area contributed by atoms with Gasteiger partial charge in [-0.2, -0.15) is 0 Å². The van der Waals surface area contributed by atoms with Crippen molar-refractivity contribution in [2.24, 2.45) is 0 Å². The average molecular weight is 719 g/mol. The highest BCUT2D eigenvalue weighted by Gasteiger charge is 2.30. The molecule has 1 saturated heterocycles. The number of rotatable bonds is 8. The Morgan fingerprint density at radius 2 is 1.65 bits per heavy atom. The van der Waals surface area contributed by atoms with Crippen LogP contribution in [-0.2, 0) is 0 Å². The number of H-pyrrole nitrogens is 1. The second-order valence-electron chi connectivity index (χ2n) is 13.7. The lowest BCUT2D eigenvalue weighted by Gasteiger charge is -2.41. The molecule has 8 rings (SSSR count). The molecule has 1 saturated carbocycles. The quantitative estimate of drug-likeness (QED) is 0.164. The van der Waals surface area contributed by atoms with E-state index < -0.39 is 0 Å². The van der Waals surface area contributed by atoms with E-state index in [1.54, 1.807) is 6.20 Å². The summed E-state index contributed by atoms with van der Waals surface area (Å²) in [6.45, 7) is 5.94. The molecule has 0 radical (unpaired) electrons. The van der Waals surface area contributed by atoms with Gasteiger partial charge in [0, 0.05) is 70.5 Å². The first-order valence-electron chi connectivity index (χ1n) is 17.9. The first-order valence-corrected chi connectivity index (χ1v) is 18.6. The SMILES string of the molecule is C[C@@H](c1ccc(Cl)cc1)n1cnc(-c2ccccc2)c1-c1c(C(=O)Nc2ccncc2N2CCN(C3CCCCC3)CC2)[nH]c2cc(Cl)ccc12. The van der Waals surface area contributed by atoms with Crippen molar-refractivity contribution in [1.29, 1.82) is 0 Å². The molecule has 3 aromatic carbocycles. The fourth-order valence-corrected chi connectivity index (χ4v) is 8.20. The van der Waals surface area contributed by atoms with Gasteiger partial charge in [-0.3, -0.25) is 14.7 Å². The van der Waals surface area contributed by atoms with Crippen LogP contribution in [0.25, 0.3) is 33.4 Å². The molecule has 0 spiro atoms. The highest BCUT2D eigenvalue weighted by atomic mass is 35.5. The average Bonchev–Trinajstić information content (AvgIpc) is 3.77. The molecule has 1 aliphatic carbocycles. The number of nitrogens with one attached hydrogen (secondary N) is 2. The molecule has 2 N–H and O–H groups in total. The predicted octanol–water partition coefficient (Wildman–Crippen LogP) is 9.72. The number of piperazine rings is 1. The predicted molar refractivity (Wildman–Crippen MR) is 208 cm³/mol. The summed E-state index contributed by atoms with van der Waals surface area (Å²) in [5.74, 6) is -0.253. The minimum absolute atomic E-state index is 0.116. The summed E-state index contributed by atoms with van der Waals surface area (Å²) in [5.41, 5.74) is 7.24. The van der Waals surface area contributed by atoms with Crippen LogP contribution in [0.2, 0.25) is 10.0 Å². The summed E-state index contributed by atoms with van der Waals surface area (Å²) in [6.07, 6.45) is 12.1. The van der Waals surface area contributed by atoms with Crippen LogP contribution in [0.1, 0.15) is 61.1 Å². The van der Waals surface area contributed by atoms with Crippen molar-refractivity contribution in [2.45, 2.75) is 51.1 Å². The normalized spacial score (nSPS) is 16.4. The van der Waals surface area contributed by atoms with Gasteiger partial charge in [-0.15, -0.1) is 0 Å². The second kappa shape index (κ2) is 14.5. The van der Waals surface area contributed by atoms with E-state index in [0.29, 0.717) is 21.8 Å². The molecule has 51 heavy (non-hydrogen) atoms. The van der Waals surface area contributed by atoms with Gasteiger partial charge in [-0.05, 0) is 55.7 Å². The van der Waals surface area contributed by atoms with Gasteiger partial charge in [0.05, 0.1) is 41.3 Å². The zero-order chi connectivity index (χ0) is 34.9. The number of halogens is 2. The molecule has 2 fully saturated rings. The van der Waals surface area contributed by atoms with Gasteiger partial charge in [-0.1, -0.05) is 91.0 Å².